The number of carbonyl (C=O) groups is 2. The smallest absolute Gasteiger partial charge is 0.263 e. The van der Waals surface area contributed by atoms with Crippen LogP contribution in [-0.2, 0) is 30.7 Å². The fourth-order valence-electron chi connectivity index (χ4n) is 3.93. The summed E-state index contributed by atoms with van der Waals surface area (Å²) < 4.78 is 32.9. The van der Waals surface area contributed by atoms with Crippen molar-refractivity contribution >= 4 is 54.8 Å². The molecule has 2 amide bonds. The number of sulfone groups is 1. The van der Waals surface area contributed by atoms with E-state index in [1.165, 1.54) is 11.3 Å². The van der Waals surface area contributed by atoms with E-state index in [0.717, 1.165) is 35.9 Å². The molecule has 1 fully saturated rings. The molecule has 176 valence electrons. The third-order valence-electron chi connectivity index (χ3n) is 5.49. The molecule has 0 N–H and O–H groups in total. The van der Waals surface area contributed by atoms with Crippen LogP contribution in [-0.4, -0.2) is 67.5 Å². The van der Waals surface area contributed by atoms with Crippen LogP contribution in [0.3, 0.4) is 0 Å². The molecule has 1 aliphatic heterocycles. The summed E-state index contributed by atoms with van der Waals surface area (Å²) in [7, 11) is -2.36. The van der Waals surface area contributed by atoms with Gasteiger partial charge in [0, 0.05) is 31.3 Å². The molecule has 1 saturated heterocycles. The number of piperidine rings is 1. The minimum absolute atomic E-state index is 0.0666. The van der Waals surface area contributed by atoms with Gasteiger partial charge in [0.2, 0.25) is 5.91 Å². The minimum Gasteiger partial charge on any atom is -0.383 e. The Labute approximate surface area is 196 Å². The summed E-state index contributed by atoms with van der Waals surface area (Å²) >= 11 is 7.32. The van der Waals surface area contributed by atoms with E-state index in [4.69, 9.17) is 16.3 Å². The van der Waals surface area contributed by atoms with Gasteiger partial charge in [-0.25, -0.2) is 8.42 Å². The molecule has 0 radical (unpaired) electrons. The van der Waals surface area contributed by atoms with Crippen molar-refractivity contribution in [2.24, 2.45) is 4.99 Å². The van der Waals surface area contributed by atoms with Crippen molar-refractivity contribution in [3.63, 3.8) is 0 Å². The van der Waals surface area contributed by atoms with Crippen molar-refractivity contribution in [3.05, 3.63) is 28.0 Å². The third-order valence-corrected chi connectivity index (χ3v) is 8.14. The number of hydrogen-bond donors (Lipinski definition) is 0. The van der Waals surface area contributed by atoms with E-state index >= 15 is 0 Å². The van der Waals surface area contributed by atoms with Crippen LogP contribution in [0.15, 0.2) is 23.2 Å². The van der Waals surface area contributed by atoms with Crippen molar-refractivity contribution in [2.45, 2.75) is 45.2 Å². The van der Waals surface area contributed by atoms with Gasteiger partial charge in [-0.2, -0.15) is 4.99 Å². The van der Waals surface area contributed by atoms with E-state index in [1.807, 2.05) is 13.0 Å². The zero-order valence-corrected chi connectivity index (χ0v) is 20.6. The maximum atomic E-state index is 12.6. The van der Waals surface area contributed by atoms with Gasteiger partial charge >= 0.3 is 0 Å². The molecule has 1 unspecified atom stereocenters. The highest BCUT2D eigenvalue weighted by atomic mass is 35.5. The van der Waals surface area contributed by atoms with Gasteiger partial charge in [0.15, 0.2) is 14.6 Å². The summed E-state index contributed by atoms with van der Waals surface area (Å²) in [5, 5.41) is 0.555. The normalized spacial score (nSPS) is 17.8. The Morgan fingerprint density at radius 3 is 2.78 bits per heavy atom. The highest BCUT2D eigenvalue weighted by Crippen LogP contribution is 2.22. The molecule has 3 rings (SSSR count). The van der Waals surface area contributed by atoms with E-state index < -0.39 is 33.2 Å². The largest absolute Gasteiger partial charge is 0.383 e. The van der Waals surface area contributed by atoms with Crippen LogP contribution < -0.4 is 4.80 Å². The molecule has 2 aromatic rings. The molecule has 11 heteroatoms. The molecule has 32 heavy (non-hydrogen) atoms. The van der Waals surface area contributed by atoms with Crippen LogP contribution in [0.4, 0.5) is 0 Å². The van der Waals surface area contributed by atoms with E-state index in [2.05, 4.69) is 4.99 Å². The molecular weight excluding hydrogens is 474 g/mol. The van der Waals surface area contributed by atoms with Gasteiger partial charge in [-0.05, 0) is 43.9 Å². The summed E-state index contributed by atoms with van der Waals surface area (Å²) in [6.45, 7) is 3.40. The topological polar surface area (TPSA) is 98.0 Å². The minimum atomic E-state index is -3.93. The van der Waals surface area contributed by atoms with Crippen molar-refractivity contribution in [3.8, 4) is 0 Å². The van der Waals surface area contributed by atoms with Crippen molar-refractivity contribution in [2.75, 3.05) is 31.8 Å². The van der Waals surface area contributed by atoms with Crippen LogP contribution in [0.2, 0.25) is 5.02 Å². The molecule has 0 spiro atoms. The van der Waals surface area contributed by atoms with Gasteiger partial charge in [0.05, 0.1) is 16.8 Å². The molecule has 1 aromatic heterocycles. The maximum absolute atomic E-state index is 12.6. The monoisotopic (exact) mass is 501 g/mol. The first kappa shape index (κ1) is 24.9. The first-order chi connectivity index (χ1) is 15.2. The fraction of sp³-hybridized carbons (Fsp3) is 0.571. The molecule has 1 atom stereocenters. The maximum Gasteiger partial charge on any atom is 0.263 e. The number of methoxy groups -OCH3 is 1. The van der Waals surface area contributed by atoms with Crippen LogP contribution in [0.1, 0.15) is 32.6 Å². The Morgan fingerprint density at radius 2 is 2.06 bits per heavy atom. The van der Waals surface area contributed by atoms with E-state index in [1.54, 1.807) is 28.7 Å². The number of amides is 2. The summed E-state index contributed by atoms with van der Waals surface area (Å²) in [5.74, 6) is -2.71. The number of aromatic nitrogens is 1. The van der Waals surface area contributed by atoms with Gasteiger partial charge < -0.3 is 14.2 Å². The Kier molecular flexibility index (Phi) is 8.49. The van der Waals surface area contributed by atoms with Crippen LogP contribution in [0.5, 0.6) is 0 Å². The summed E-state index contributed by atoms with van der Waals surface area (Å²) in [4.78, 5) is 31.2. The molecular formula is C21H28ClN3O5S2. The van der Waals surface area contributed by atoms with Gasteiger partial charge in [-0.1, -0.05) is 29.9 Å². The number of thiazole rings is 1. The lowest BCUT2D eigenvalue weighted by atomic mass is 10.0. The van der Waals surface area contributed by atoms with Gasteiger partial charge in [0.1, 0.15) is 11.5 Å². The quantitative estimate of drug-likeness (QED) is 0.553. The molecule has 2 heterocycles. The Balaban J connectivity index is 1.79. The number of nitrogens with zero attached hydrogens (tertiary/aromatic N) is 3. The number of fused-ring (bicyclic) bond motifs is 1. The van der Waals surface area contributed by atoms with Crippen molar-refractivity contribution < 1.29 is 22.7 Å². The average Bonchev–Trinajstić information content (AvgIpc) is 3.06. The van der Waals surface area contributed by atoms with E-state index in [9.17, 15) is 18.0 Å². The van der Waals surface area contributed by atoms with Crippen molar-refractivity contribution in [1.82, 2.24) is 9.47 Å². The average molecular weight is 502 g/mol. The predicted molar refractivity (Wildman–Crippen MR) is 126 cm³/mol. The lowest BCUT2D eigenvalue weighted by Gasteiger charge is -2.35. The van der Waals surface area contributed by atoms with Crippen LogP contribution in [0, 0.1) is 0 Å². The number of ether oxygens (including phenoxy) is 1. The summed E-state index contributed by atoms with van der Waals surface area (Å²) in [5.41, 5.74) is 0.830. The van der Waals surface area contributed by atoms with E-state index in [0.29, 0.717) is 29.5 Å². The first-order valence-corrected chi connectivity index (χ1v) is 13.6. The van der Waals surface area contributed by atoms with Crippen LogP contribution in [0.25, 0.3) is 10.2 Å². The number of carbonyl (C=O) groups excluding carboxylic acids is 2. The predicted octanol–water partition coefficient (Wildman–Crippen LogP) is 2.64. The first-order valence-electron chi connectivity index (χ1n) is 10.6. The summed E-state index contributed by atoms with van der Waals surface area (Å²) in [6, 6.07) is 5.40. The highest BCUT2D eigenvalue weighted by molar-refractivity contribution is 7.92. The molecule has 8 nitrogen and oxygen atoms in total. The van der Waals surface area contributed by atoms with E-state index in [-0.39, 0.29) is 6.04 Å². The van der Waals surface area contributed by atoms with Crippen molar-refractivity contribution in [1.29, 1.82) is 0 Å². The third kappa shape index (κ3) is 6.18. The Morgan fingerprint density at radius 1 is 1.28 bits per heavy atom. The molecule has 1 aromatic carbocycles. The molecule has 0 saturated carbocycles. The highest BCUT2D eigenvalue weighted by Gasteiger charge is 2.29. The molecule has 0 bridgehead atoms. The zero-order chi connectivity index (χ0) is 23.3. The molecule has 1 aliphatic rings. The Bertz CT molecular complexity index is 1160. The number of benzene rings is 1. The van der Waals surface area contributed by atoms with Crippen LogP contribution >= 0.6 is 22.9 Å². The van der Waals surface area contributed by atoms with Gasteiger partial charge in [0.25, 0.3) is 5.91 Å². The Hall–Kier alpha value is -1.75. The lowest BCUT2D eigenvalue weighted by molar-refractivity contribution is -0.132. The second kappa shape index (κ2) is 10.9. The SMILES string of the molecule is CCC1CCCCN1C(=O)CS(=O)(=O)CC(=O)N=c1sc2cc(Cl)ccc2n1CCOC. The lowest BCUT2D eigenvalue weighted by Crippen LogP contribution is -2.46. The summed E-state index contributed by atoms with van der Waals surface area (Å²) in [6.07, 6.45) is 3.58. The fourth-order valence-corrected chi connectivity index (χ4v) is 6.37. The number of halogens is 1. The number of likely N-dealkylation sites (tertiary alicyclic amines) is 1. The number of hydrogen-bond acceptors (Lipinski definition) is 6. The zero-order valence-electron chi connectivity index (χ0n) is 18.3. The second-order valence-electron chi connectivity index (χ2n) is 7.82. The molecule has 0 aliphatic carbocycles. The van der Waals surface area contributed by atoms with Gasteiger partial charge in [-0.15, -0.1) is 0 Å². The second-order valence-corrected chi connectivity index (χ2v) is 11.3. The van der Waals surface area contributed by atoms with Gasteiger partial charge in [-0.3, -0.25) is 9.59 Å². The number of rotatable bonds is 8. The standard InChI is InChI=1S/C21H28ClN3O5S2/c1-3-16-6-4-5-9-24(16)20(27)14-32(28,29)13-19(26)23-21-25(10-11-30-2)17-8-7-15(22)12-18(17)31-21/h7-8,12,16H,3-6,9-11,13-14H2,1-2H3.